The van der Waals surface area contributed by atoms with Crippen LogP contribution in [0.2, 0.25) is 0 Å². The summed E-state index contributed by atoms with van der Waals surface area (Å²) in [6, 6.07) is 0.493. The SMILES string of the molecule is CN1C(=O)CC(Nc2nccc(C(=O)O)c2N)C1=O. The largest absolute Gasteiger partial charge is 0.478 e. The molecule has 8 heteroatoms. The first-order valence-corrected chi connectivity index (χ1v) is 5.46. The molecule has 1 atom stereocenters. The van der Waals surface area contributed by atoms with E-state index < -0.39 is 17.9 Å². The van der Waals surface area contributed by atoms with Crippen molar-refractivity contribution in [2.45, 2.75) is 12.5 Å². The lowest BCUT2D eigenvalue weighted by Gasteiger charge is -2.14. The maximum absolute atomic E-state index is 11.7. The molecule has 1 aliphatic rings. The number of amides is 2. The summed E-state index contributed by atoms with van der Waals surface area (Å²) in [4.78, 5) is 38.9. The van der Waals surface area contributed by atoms with Crippen molar-refractivity contribution >= 4 is 29.3 Å². The lowest BCUT2D eigenvalue weighted by Crippen LogP contribution is -2.32. The number of nitrogens with two attached hydrogens (primary N) is 1. The van der Waals surface area contributed by atoms with Crippen LogP contribution in [0, 0.1) is 0 Å². The van der Waals surface area contributed by atoms with Gasteiger partial charge in [-0.05, 0) is 6.07 Å². The highest BCUT2D eigenvalue weighted by atomic mass is 16.4. The lowest BCUT2D eigenvalue weighted by molar-refractivity contribution is -0.136. The van der Waals surface area contributed by atoms with Gasteiger partial charge in [0, 0.05) is 13.2 Å². The Morgan fingerprint density at radius 1 is 1.58 bits per heavy atom. The Morgan fingerprint density at radius 3 is 2.79 bits per heavy atom. The van der Waals surface area contributed by atoms with Crippen LogP contribution in [0.15, 0.2) is 12.3 Å². The molecule has 2 heterocycles. The third-order valence-corrected chi connectivity index (χ3v) is 2.91. The summed E-state index contributed by atoms with van der Waals surface area (Å²) in [5, 5.41) is 11.6. The molecule has 1 saturated heterocycles. The number of nitrogens with one attached hydrogen (secondary N) is 1. The highest BCUT2D eigenvalue weighted by Crippen LogP contribution is 2.23. The third kappa shape index (κ3) is 2.19. The summed E-state index contributed by atoms with van der Waals surface area (Å²) in [6.07, 6.45) is 1.26. The van der Waals surface area contributed by atoms with Crippen LogP contribution in [0.25, 0.3) is 0 Å². The molecule has 4 N–H and O–H groups in total. The maximum Gasteiger partial charge on any atom is 0.337 e. The number of pyridine rings is 1. The van der Waals surface area contributed by atoms with Gasteiger partial charge in [0.25, 0.3) is 5.91 Å². The first-order chi connectivity index (χ1) is 8.91. The standard InChI is InChI=1S/C11H12N4O4/c1-15-7(16)4-6(10(15)17)14-9-8(12)5(11(18)19)2-3-13-9/h2-3,6H,4,12H2,1H3,(H,13,14)(H,18,19). The van der Waals surface area contributed by atoms with Crippen LogP contribution in [-0.2, 0) is 9.59 Å². The van der Waals surface area contributed by atoms with Gasteiger partial charge in [0.15, 0.2) is 5.82 Å². The van der Waals surface area contributed by atoms with Crippen molar-refractivity contribution in [3.63, 3.8) is 0 Å². The van der Waals surface area contributed by atoms with Crippen molar-refractivity contribution in [3.8, 4) is 0 Å². The second-order valence-electron chi connectivity index (χ2n) is 4.12. The topological polar surface area (TPSA) is 126 Å². The third-order valence-electron chi connectivity index (χ3n) is 2.91. The van der Waals surface area contributed by atoms with Crippen molar-refractivity contribution < 1.29 is 19.5 Å². The maximum atomic E-state index is 11.7. The number of likely N-dealkylation sites (N-methyl/N-ethyl adjacent to an activating group) is 1. The molecule has 0 aromatic carbocycles. The monoisotopic (exact) mass is 264 g/mol. The number of carboxylic acid groups (broad SMARTS) is 1. The summed E-state index contributed by atoms with van der Waals surface area (Å²) in [6.45, 7) is 0. The van der Waals surface area contributed by atoms with E-state index in [1.165, 1.54) is 19.3 Å². The van der Waals surface area contributed by atoms with Crippen LogP contribution >= 0.6 is 0 Å². The van der Waals surface area contributed by atoms with Crippen molar-refractivity contribution in [1.82, 2.24) is 9.88 Å². The number of hydrogen-bond acceptors (Lipinski definition) is 6. The number of rotatable bonds is 3. The summed E-state index contributed by atoms with van der Waals surface area (Å²) < 4.78 is 0. The Bertz CT molecular complexity index is 572. The van der Waals surface area contributed by atoms with Crippen LogP contribution in [0.4, 0.5) is 11.5 Å². The minimum Gasteiger partial charge on any atom is -0.478 e. The highest BCUT2D eigenvalue weighted by Gasteiger charge is 2.36. The lowest BCUT2D eigenvalue weighted by atomic mass is 10.2. The number of anilines is 2. The Hall–Kier alpha value is -2.64. The number of nitrogens with zero attached hydrogens (tertiary/aromatic N) is 2. The van der Waals surface area contributed by atoms with E-state index in [1.807, 2.05) is 0 Å². The normalized spacial score (nSPS) is 18.8. The Kier molecular flexibility index (Phi) is 3.07. The van der Waals surface area contributed by atoms with Gasteiger partial charge in [-0.2, -0.15) is 0 Å². The average Bonchev–Trinajstić information content (AvgIpc) is 2.59. The minimum atomic E-state index is -1.19. The Morgan fingerprint density at radius 2 is 2.26 bits per heavy atom. The highest BCUT2D eigenvalue weighted by molar-refractivity contribution is 6.07. The molecule has 0 saturated carbocycles. The molecule has 0 aliphatic carbocycles. The number of carbonyl (C=O) groups excluding carboxylic acids is 2. The molecule has 0 bridgehead atoms. The van der Waals surface area contributed by atoms with E-state index >= 15 is 0 Å². The van der Waals surface area contributed by atoms with E-state index in [2.05, 4.69) is 10.3 Å². The van der Waals surface area contributed by atoms with Gasteiger partial charge in [0.05, 0.1) is 17.7 Å². The van der Waals surface area contributed by atoms with Crippen LogP contribution in [0.1, 0.15) is 16.8 Å². The van der Waals surface area contributed by atoms with Gasteiger partial charge in [-0.3, -0.25) is 14.5 Å². The van der Waals surface area contributed by atoms with Gasteiger partial charge < -0.3 is 16.2 Å². The zero-order valence-electron chi connectivity index (χ0n) is 10.1. The summed E-state index contributed by atoms with van der Waals surface area (Å²) in [7, 11) is 1.39. The average molecular weight is 264 g/mol. The summed E-state index contributed by atoms with van der Waals surface area (Å²) >= 11 is 0. The number of carboxylic acids is 1. The summed E-state index contributed by atoms with van der Waals surface area (Å²) in [5.74, 6) is -1.81. The van der Waals surface area contributed by atoms with E-state index in [0.717, 1.165) is 4.90 Å². The molecule has 100 valence electrons. The predicted octanol–water partition coefficient (Wildman–Crippen LogP) is -0.469. The zero-order chi connectivity index (χ0) is 14.2. The van der Waals surface area contributed by atoms with E-state index in [9.17, 15) is 14.4 Å². The van der Waals surface area contributed by atoms with Gasteiger partial charge in [0.1, 0.15) is 6.04 Å². The predicted molar refractivity (Wildman–Crippen MR) is 65.4 cm³/mol. The molecule has 2 rings (SSSR count). The van der Waals surface area contributed by atoms with Crippen molar-refractivity contribution in [2.24, 2.45) is 0 Å². The van der Waals surface area contributed by atoms with Gasteiger partial charge in [0.2, 0.25) is 5.91 Å². The smallest absolute Gasteiger partial charge is 0.337 e. The van der Waals surface area contributed by atoms with Gasteiger partial charge in [-0.15, -0.1) is 0 Å². The molecule has 1 aliphatic heterocycles. The van der Waals surface area contributed by atoms with Crippen molar-refractivity contribution in [3.05, 3.63) is 17.8 Å². The van der Waals surface area contributed by atoms with E-state index in [0.29, 0.717) is 0 Å². The minimum absolute atomic E-state index is 0.00620. The van der Waals surface area contributed by atoms with Crippen LogP contribution < -0.4 is 11.1 Å². The molecule has 19 heavy (non-hydrogen) atoms. The van der Waals surface area contributed by atoms with Gasteiger partial charge >= 0.3 is 5.97 Å². The number of aromatic nitrogens is 1. The first kappa shape index (κ1) is 12.8. The fraction of sp³-hybridized carbons (Fsp3) is 0.273. The van der Waals surface area contributed by atoms with Crippen molar-refractivity contribution in [2.75, 3.05) is 18.1 Å². The molecule has 1 fully saturated rings. The molecule has 8 nitrogen and oxygen atoms in total. The van der Waals surface area contributed by atoms with E-state index in [-0.39, 0.29) is 29.4 Å². The van der Waals surface area contributed by atoms with Crippen LogP contribution in [0.5, 0.6) is 0 Å². The van der Waals surface area contributed by atoms with Crippen molar-refractivity contribution in [1.29, 1.82) is 0 Å². The molecular formula is C11H12N4O4. The fourth-order valence-corrected chi connectivity index (χ4v) is 1.81. The Labute approximate surface area is 108 Å². The van der Waals surface area contributed by atoms with Gasteiger partial charge in [-0.25, -0.2) is 9.78 Å². The molecule has 0 spiro atoms. The van der Waals surface area contributed by atoms with E-state index in [4.69, 9.17) is 10.8 Å². The number of nitrogen functional groups attached to an aromatic ring is 1. The molecule has 1 aromatic rings. The molecule has 2 amide bonds. The fourth-order valence-electron chi connectivity index (χ4n) is 1.81. The quantitative estimate of drug-likeness (QED) is 0.630. The zero-order valence-corrected chi connectivity index (χ0v) is 10.1. The number of likely N-dealkylation sites (tertiary alicyclic amines) is 1. The molecule has 1 unspecified atom stereocenters. The second-order valence-corrected chi connectivity index (χ2v) is 4.12. The summed E-state index contributed by atoms with van der Waals surface area (Å²) in [5.41, 5.74) is 5.49. The number of carbonyl (C=O) groups is 3. The number of hydrogen-bond donors (Lipinski definition) is 3. The Balaban J connectivity index is 2.26. The number of imide groups is 1. The van der Waals surface area contributed by atoms with Crippen LogP contribution in [0.3, 0.4) is 0 Å². The molecular weight excluding hydrogens is 252 g/mol. The first-order valence-electron chi connectivity index (χ1n) is 5.46. The van der Waals surface area contributed by atoms with E-state index in [1.54, 1.807) is 0 Å². The molecule has 0 radical (unpaired) electrons. The van der Waals surface area contributed by atoms with Gasteiger partial charge in [-0.1, -0.05) is 0 Å². The number of aromatic carboxylic acids is 1. The van der Waals surface area contributed by atoms with Crippen LogP contribution in [-0.4, -0.2) is 45.9 Å². The molecule has 1 aromatic heterocycles. The second kappa shape index (κ2) is 4.56.